The number of hydrogen-bond acceptors (Lipinski definition) is 4. The van der Waals surface area contributed by atoms with Crippen LogP contribution in [0.4, 0.5) is 0 Å². The van der Waals surface area contributed by atoms with E-state index in [1.165, 1.54) is 12.8 Å². The number of hydrogen-bond donors (Lipinski definition) is 1. The van der Waals surface area contributed by atoms with E-state index in [9.17, 15) is 4.79 Å². The molecule has 1 aromatic heterocycles. The molecular weight excluding hydrogens is 314 g/mol. The maximum Gasteiger partial charge on any atom is 0.273 e. The summed E-state index contributed by atoms with van der Waals surface area (Å²) in [4.78, 5) is 14.8. The minimum Gasteiger partial charge on any atom is -0.347 e. The largest absolute Gasteiger partial charge is 0.347 e. The van der Waals surface area contributed by atoms with Gasteiger partial charge in [0.2, 0.25) is 0 Å². The van der Waals surface area contributed by atoms with E-state index in [1.54, 1.807) is 10.9 Å². The van der Waals surface area contributed by atoms with E-state index >= 15 is 0 Å². The third-order valence-electron chi connectivity index (χ3n) is 4.56. The molecule has 2 heterocycles. The predicted octanol–water partition coefficient (Wildman–Crippen LogP) is 2.33. The van der Waals surface area contributed by atoms with Gasteiger partial charge in [0.05, 0.1) is 12.7 Å². The molecule has 3 rings (SSSR count). The van der Waals surface area contributed by atoms with Crippen LogP contribution in [-0.4, -0.2) is 44.9 Å². The molecule has 2 aromatic rings. The first-order valence-electron chi connectivity index (χ1n) is 9.08. The fourth-order valence-corrected chi connectivity index (χ4v) is 3.39. The molecule has 6 nitrogen and oxygen atoms in total. The Morgan fingerprint density at radius 2 is 2.12 bits per heavy atom. The van der Waals surface area contributed by atoms with Crippen LogP contribution < -0.4 is 5.32 Å². The first-order valence-corrected chi connectivity index (χ1v) is 9.08. The standard InChI is InChI=1S/C19H27N5O/c1-15(2)12-23-10-6-9-17(23)13-24-14-18(21-22-24)19(25)20-11-16-7-4-3-5-8-16/h3-5,7-8,14-15,17H,6,9-13H2,1-2H3,(H,20,25)/t17-/m0/s1. The molecular formula is C19H27N5O. The fraction of sp³-hybridized carbons (Fsp3) is 0.526. The maximum absolute atomic E-state index is 12.2. The van der Waals surface area contributed by atoms with Crippen molar-refractivity contribution in [1.82, 2.24) is 25.2 Å². The summed E-state index contributed by atoms with van der Waals surface area (Å²) < 4.78 is 1.81. The monoisotopic (exact) mass is 341 g/mol. The third kappa shape index (κ3) is 4.89. The Morgan fingerprint density at radius 3 is 2.88 bits per heavy atom. The minimum atomic E-state index is -0.180. The highest BCUT2D eigenvalue weighted by Gasteiger charge is 2.25. The molecule has 1 amide bonds. The van der Waals surface area contributed by atoms with Crippen molar-refractivity contribution in [1.29, 1.82) is 0 Å². The van der Waals surface area contributed by atoms with Crippen LogP contribution in [0.15, 0.2) is 36.5 Å². The van der Waals surface area contributed by atoms with E-state index in [0.29, 0.717) is 24.2 Å². The van der Waals surface area contributed by atoms with Gasteiger partial charge in [0.25, 0.3) is 5.91 Å². The minimum absolute atomic E-state index is 0.180. The first kappa shape index (κ1) is 17.6. The summed E-state index contributed by atoms with van der Waals surface area (Å²) in [7, 11) is 0. The second-order valence-electron chi connectivity index (χ2n) is 7.18. The van der Waals surface area contributed by atoms with Gasteiger partial charge in [-0.2, -0.15) is 0 Å². The fourth-order valence-electron chi connectivity index (χ4n) is 3.39. The van der Waals surface area contributed by atoms with E-state index in [-0.39, 0.29) is 5.91 Å². The van der Waals surface area contributed by atoms with Gasteiger partial charge in [0, 0.05) is 19.1 Å². The summed E-state index contributed by atoms with van der Waals surface area (Å²) in [6.07, 6.45) is 4.17. The van der Waals surface area contributed by atoms with Crippen LogP contribution in [0.2, 0.25) is 0 Å². The number of nitrogens with zero attached hydrogens (tertiary/aromatic N) is 4. The molecule has 1 atom stereocenters. The summed E-state index contributed by atoms with van der Waals surface area (Å²) in [5, 5.41) is 11.1. The Labute approximate surface area is 149 Å². The van der Waals surface area contributed by atoms with Crippen LogP contribution in [0.1, 0.15) is 42.7 Å². The highest BCUT2D eigenvalue weighted by atomic mass is 16.2. The molecule has 1 saturated heterocycles. The third-order valence-corrected chi connectivity index (χ3v) is 4.56. The quantitative estimate of drug-likeness (QED) is 0.839. The number of nitrogens with one attached hydrogen (secondary N) is 1. The number of aromatic nitrogens is 3. The van der Waals surface area contributed by atoms with Crippen molar-refractivity contribution >= 4 is 5.91 Å². The SMILES string of the molecule is CC(C)CN1CCC[C@H]1Cn1cc(C(=O)NCc2ccccc2)nn1. The van der Waals surface area contributed by atoms with Crippen LogP contribution in [0.25, 0.3) is 0 Å². The van der Waals surface area contributed by atoms with Crippen LogP contribution in [0, 0.1) is 5.92 Å². The number of carbonyl (C=O) groups is 1. The lowest BCUT2D eigenvalue weighted by Crippen LogP contribution is -2.35. The van der Waals surface area contributed by atoms with Gasteiger partial charge >= 0.3 is 0 Å². The zero-order valence-electron chi connectivity index (χ0n) is 15.1. The lowest BCUT2D eigenvalue weighted by molar-refractivity contribution is 0.0946. The second-order valence-corrected chi connectivity index (χ2v) is 7.18. The zero-order valence-corrected chi connectivity index (χ0v) is 15.1. The van der Waals surface area contributed by atoms with Gasteiger partial charge in [0.15, 0.2) is 5.69 Å². The number of benzene rings is 1. The van der Waals surface area contributed by atoms with Crippen LogP contribution >= 0.6 is 0 Å². The topological polar surface area (TPSA) is 63.1 Å². The van der Waals surface area contributed by atoms with Gasteiger partial charge in [0.1, 0.15) is 0 Å². The van der Waals surface area contributed by atoms with Crippen molar-refractivity contribution in [2.45, 2.75) is 45.8 Å². The van der Waals surface area contributed by atoms with Crippen molar-refractivity contribution < 1.29 is 4.79 Å². The highest BCUT2D eigenvalue weighted by Crippen LogP contribution is 2.20. The summed E-state index contributed by atoms with van der Waals surface area (Å²) >= 11 is 0. The number of likely N-dealkylation sites (tertiary alicyclic amines) is 1. The van der Waals surface area contributed by atoms with E-state index in [0.717, 1.165) is 25.2 Å². The summed E-state index contributed by atoms with van der Waals surface area (Å²) in [5.41, 5.74) is 1.45. The first-order chi connectivity index (χ1) is 12.1. The Kier molecular flexibility index (Phi) is 5.81. The lowest BCUT2D eigenvalue weighted by atomic mass is 10.1. The predicted molar refractivity (Wildman–Crippen MR) is 97.1 cm³/mol. The summed E-state index contributed by atoms with van der Waals surface area (Å²) in [6, 6.07) is 10.3. The van der Waals surface area contributed by atoms with Crippen molar-refractivity contribution in [3.63, 3.8) is 0 Å². The Morgan fingerprint density at radius 1 is 1.32 bits per heavy atom. The smallest absolute Gasteiger partial charge is 0.273 e. The van der Waals surface area contributed by atoms with Crippen LogP contribution in [0.3, 0.4) is 0 Å². The molecule has 0 saturated carbocycles. The van der Waals surface area contributed by atoms with Crippen LogP contribution in [-0.2, 0) is 13.1 Å². The maximum atomic E-state index is 12.2. The Balaban J connectivity index is 1.54. The van der Waals surface area contributed by atoms with E-state index in [1.807, 2.05) is 30.3 Å². The number of rotatable bonds is 7. The molecule has 0 radical (unpaired) electrons. The average Bonchev–Trinajstić information content (AvgIpc) is 3.24. The van der Waals surface area contributed by atoms with E-state index < -0.39 is 0 Å². The van der Waals surface area contributed by atoms with Crippen molar-refractivity contribution in [3.05, 3.63) is 47.8 Å². The van der Waals surface area contributed by atoms with Crippen molar-refractivity contribution in [2.24, 2.45) is 5.92 Å². The molecule has 1 aliphatic heterocycles. The number of carbonyl (C=O) groups excluding carboxylic acids is 1. The molecule has 1 aliphatic rings. The molecule has 1 aromatic carbocycles. The summed E-state index contributed by atoms with van der Waals surface area (Å²) in [6.45, 7) is 8.06. The van der Waals surface area contributed by atoms with Crippen LogP contribution in [0.5, 0.6) is 0 Å². The molecule has 0 spiro atoms. The Bertz CT molecular complexity index is 682. The molecule has 0 unspecified atom stereocenters. The molecule has 134 valence electrons. The zero-order chi connectivity index (χ0) is 17.6. The molecule has 0 aliphatic carbocycles. The molecule has 1 N–H and O–H groups in total. The second kappa shape index (κ2) is 8.25. The van der Waals surface area contributed by atoms with Gasteiger partial charge in [-0.25, -0.2) is 0 Å². The molecule has 25 heavy (non-hydrogen) atoms. The molecule has 6 heteroatoms. The summed E-state index contributed by atoms with van der Waals surface area (Å²) in [5.74, 6) is 0.483. The van der Waals surface area contributed by atoms with Crippen molar-refractivity contribution in [2.75, 3.05) is 13.1 Å². The van der Waals surface area contributed by atoms with Gasteiger partial charge in [-0.3, -0.25) is 14.4 Å². The average molecular weight is 341 g/mol. The van der Waals surface area contributed by atoms with Gasteiger partial charge in [-0.1, -0.05) is 49.4 Å². The van der Waals surface area contributed by atoms with E-state index in [2.05, 4.69) is 34.4 Å². The normalized spacial score (nSPS) is 18.0. The van der Waals surface area contributed by atoms with Crippen molar-refractivity contribution in [3.8, 4) is 0 Å². The number of amides is 1. The Hall–Kier alpha value is -2.21. The van der Waals surface area contributed by atoms with Gasteiger partial charge < -0.3 is 5.32 Å². The highest BCUT2D eigenvalue weighted by molar-refractivity contribution is 5.91. The molecule has 0 bridgehead atoms. The van der Waals surface area contributed by atoms with Gasteiger partial charge in [-0.15, -0.1) is 5.10 Å². The van der Waals surface area contributed by atoms with Gasteiger partial charge in [-0.05, 0) is 30.9 Å². The lowest BCUT2D eigenvalue weighted by Gasteiger charge is -2.25. The van der Waals surface area contributed by atoms with E-state index in [4.69, 9.17) is 0 Å². The molecule has 1 fully saturated rings.